The topological polar surface area (TPSA) is 48.8 Å². The molecule has 2 fully saturated rings. The van der Waals surface area contributed by atoms with Crippen LogP contribution in [0.3, 0.4) is 0 Å². The number of piperidine rings is 1. The Morgan fingerprint density at radius 3 is 2.90 bits per heavy atom. The summed E-state index contributed by atoms with van der Waals surface area (Å²) in [4.78, 5) is 9.39. The number of nitrogens with zero attached hydrogens (tertiary/aromatic N) is 3. The molecule has 0 amide bonds. The number of hydrogen-bond acceptors (Lipinski definition) is 5. The summed E-state index contributed by atoms with van der Waals surface area (Å²) in [6.07, 6.45) is 12.7. The van der Waals surface area contributed by atoms with Gasteiger partial charge < -0.3 is 19.6 Å². The molecule has 2 saturated heterocycles. The zero-order chi connectivity index (χ0) is 20.5. The van der Waals surface area contributed by atoms with E-state index >= 15 is 0 Å². The van der Waals surface area contributed by atoms with E-state index in [1.165, 1.54) is 11.3 Å². The summed E-state index contributed by atoms with van der Waals surface area (Å²) in [6.45, 7) is 6.79. The summed E-state index contributed by atoms with van der Waals surface area (Å²) in [5.74, 6) is 1.70. The maximum absolute atomic E-state index is 9.46. The highest BCUT2D eigenvalue weighted by Gasteiger charge is 2.40. The molecule has 3 rings (SSSR count). The van der Waals surface area contributed by atoms with E-state index in [1.807, 2.05) is 6.20 Å². The second kappa shape index (κ2) is 11.0. The van der Waals surface area contributed by atoms with Crippen LogP contribution in [-0.2, 0) is 11.2 Å². The molecule has 2 aliphatic heterocycles. The summed E-state index contributed by atoms with van der Waals surface area (Å²) in [7, 11) is 0. The van der Waals surface area contributed by atoms with Crippen molar-refractivity contribution < 1.29 is 9.84 Å². The zero-order valence-corrected chi connectivity index (χ0v) is 18.3. The molecule has 6 heteroatoms. The first kappa shape index (κ1) is 22.1. The molecule has 1 N–H and O–H groups in total. The first-order valence-electron chi connectivity index (χ1n) is 10.8. The van der Waals surface area contributed by atoms with Crippen molar-refractivity contribution in [2.24, 2.45) is 0 Å². The molecule has 1 aromatic rings. The molecule has 3 heterocycles. The van der Waals surface area contributed by atoms with E-state index < -0.39 is 0 Å². The van der Waals surface area contributed by atoms with Crippen LogP contribution >= 0.6 is 11.6 Å². The van der Waals surface area contributed by atoms with Crippen molar-refractivity contribution in [2.75, 3.05) is 50.2 Å². The third-order valence-corrected chi connectivity index (χ3v) is 6.16. The molecule has 0 aliphatic carbocycles. The van der Waals surface area contributed by atoms with Gasteiger partial charge >= 0.3 is 0 Å². The van der Waals surface area contributed by atoms with Crippen molar-refractivity contribution in [3.8, 4) is 0 Å². The van der Waals surface area contributed by atoms with E-state index in [0.29, 0.717) is 12.3 Å². The summed E-state index contributed by atoms with van der Waals surface area (Å²) in [6, 6.07) is 4.30. The van der Waals surface area contributed by atoms with Gasteiger partial charge in [-0.1, -0.05) is 19.1 Å². The number of alkyl halides is 1. The molecule has 1 aromatic heterocycles. The highest BCUT2D eigenvalue weighted by atomic mass is 35.5. The van der Waals surface area contributed by atoms with Gasteiger partial charge in [0.25, 0.3) is 0 Å². The van der Waals surface area contributed by atoms with Crippen molar-refractivity contribution in [2.45, 2.75) is 44.6 Å². The molecule has 0 atom stereocenters. The molecule has 0 bridgehead atoms. The number of ether oxygens (including phenoxy) is 1. The minimum Gasteiger partial charge on any atom is -0.396 e. The normalized spacial score (nSPS) is 20.0. The lowest BCUT2D eigenvalue weighted by Gasteiger charge is -2.48. The van der Waals surface area contributed by atoms with Gasteiger partial charge in [0.1, 0.15) is 5.82 Å². The first-order chi connectivity index (χ1) is 14.2. The van der Waals surface area contributed by atoms with Crippen LogP contribution in [0.4, 0.5) is 5.82 Å². The number of aryl methyl sites for hydroxylation is 1. The molecule has 2 aliphatic rings. The predicted molar refractivity (Wildman–Crippen MR) is 120 cm³/mol. The number of halogens is 1. The minimum absolute atomic E-state index is 0.0998. The quantitative estimate of drug-likeness (QED) is 0.513. The summed E-state index contributed by atoms with van der Waals surface area (Å²) < 4.78 is 6.32. The number of morpholine rings is 1. The van der Waals surface area contributed by atoms with E-state index in [4.69, 9.17) is 16.3 Å². The predicted octanol–water partition coefficient (Wildman–Crippen LogP) is 3.77. The third-order valence-electron chi connectivity index (χ3n) is 5.94. The average molecular weight is 420 g/mol. The van der Waals surface area contributed by atoms with Gasteiger partial charge in [0.15, 0.2) is 0 Å². The number of aliphatic hydroxyl groups excluding tert-OH is 1. The van der Waals surface area contributed by atoms with E-state index in [2.05, 4.69) is 52.1 Å². The Kier molecular flexibility index (Phi) is 8.40. The number of pyridine rings is 1. The van der Waals surface area contributed by atoms with Crippen molar-refractivity contribution in [3.63, 3.8) is 0 Å². The number of rotatable bonds is 8. The smallest absolute Gasteiger partial charge is 0.128 e. The van der Waals surface area contributed by atoms with Gasteiger partial charge in [0.05, 0.1) is 12.2 Å². The Bertz CT molecular complexity index is 699. The number of aromatic nitrogens is 1. The minimum atomic E-state index is -0.0998. The highest BCUT2D eigenvalue weighted by molar-refractivity contribution is 6.17. The van der Waals surface area contributed by atoms with Gasteiger partial charge in [-0.2, -0.15) is 0 Å². The van der Waals surface area contributed by atoms with Crippen molar-refractivity contribution in [1.29, 1.82) is 0 Å². The van der Waals surface area contributed by atoms with Crippen molar-refractivity contribution in [1.82, 2.24) is 9.88 Å². The fourth-order valence-corrected chi connectivity index (χ4v) is 4.32. The Hall–Kier alpha value is -1.56. The van der Waals surface area contributed by atoms with Gasteiger partial charge in [-0.3, -0.25) is 0 Å². The lowest BCUT2D eigenvalue weighted by molar-refractivity contribution is -0.0879. The standard InChI is InChI=1S/C23H34ClN3O2/c1-2-20-7-12-25-22(18-20)27-15-17-29-23(19-27)9-13-26(14-10-23)21(8-16-28)6-4-3-5-11-24/h3-4,6-7,12,18,28H,2,5,8-11,13-17,19H2,1H3/b4-3-,21-6-. The van der Waals surface area contributed by atoms with Gasteiger partial charge in [0, 0.05) is 57.0 Å². The first-order valence-corrected chi connectivity index (χ1v) is 11.3. The SMILES string of the molecule is CCc1ccnc(N2CCOC3(CCN(/C(=C\C=C/CCCl)CCO)CC3)C2)c1. The zero-order valence-electron chi connectivity index (χ0n) is 17.5. The average Bonchev–Trinajstić information content (AvgIpc) is 2.77. The monoisotopic (exact) mass is 419 g/mol. The lowest BCUT2D eigenvalue weighted by Crippen LogP contribution is -2.57. The second-order valence-corrected chi connectivity index (χ2v) is 8.23. The number of likely N-dealkylation sites (tertiary alicyclic amines) is 1. The highest BCUT2D eigenvalue weighted by Crippen LogP contribution is 2.33. The van der Waals surface area contributed by atoms with Crippen LogP contribution < -0.4 is 4.90 Å². The molecule has 160 valence electrons. The fourth-order valence-electron chi connectivity index (χ4n) is 4.20. The molecule has 1 spiro atoms. The van der Waals surface area contributed by atoms with Crippen molar-refractivity contribution in [3.05, 3.63) is 47.8 Å². The number of allylic oxidation sites excluding steroid dienone is 3. The summed E-state index contributed by atoms with van der Waals surface area (Å²) in [5, 5.41) is 9.46. The lowest BCUT2D eigenvalue weighted by atomic mass is 9.88. The number of anilines is 1. The molecule has 0 saturated carbocycles. The van der Waals surface area contributed by atoms with E-state index in [9.17, 15) is 5.11 Å². The molecule has 0 aromatic carbocycles. The Balaban J connectivity index is 1.63. The maximum atomic E-state index is 9.46. The molecule has 29 heavy (non-hydrogen) atoms. The van der Waals surface area contributed by atoms with Crippen LogP contribution in [0.15, 0.2) is 42.3 Å². The Morgan fingerprint density at radius 1 is 1.34 bits per heavy atom. The third kappa shape index (κ3) is 5.97. The van der Waals surface area contributed by atoms with Crippen LogP contribution in [-0.4, -0.2) is 65.9 Å². The Labute approximate surface area is 180 Å². The van der Waals surface area contributed by atoms with E-state index in [0.717, 1.165) is 64.3 Å². The number of aliphatic hydroxyl groups is 1. The summed E-state index contributed by atoms with van der Waals surface area (Å²) in [5.41, 5.74) is 2.42. The fraction of sp³-hybridized carbons (Fsp3) is 0.609. The van der Waals surface area contributed by atoms with E-state index in [-0.39, 0.29) is 12.2 Å². The van der Waals surface area contributed by atoms with Crippen LogP contribution in [0.2, 0.25) is 0 Å². The van der Waals surface area contributed by atoms with Gasteiger partial charge in [-0.05, 0) is 49.5 Å². The molecule has 0 radical (unpaired) electrons. The molecule has 5 nitrogen and oxygen atoms in total. The van der Waals surface area contributed by atoms with Crippen molar-refractivity contribution >= 4 is 17.4 Å². The molecular formula is C23H34ClN3O2. The summed E-state index contributed by atoms with van der Waals surface area (Å²) >= 11 is 5.74. The molecular weight excluding hydrogens is 386 g/mol. The maximum Gasteiger partial charge on any atom is 0.128 e. The van der Waals surface area contributed by atoms with Gasteiger partial charge in [-0.25, -0.2) is 4.98 Å². The van der Waals surface area contributed by atoms with Crippen LogP contribution in [0.5, 0.6) is 0 Å². The number of hydrogen-bond donors (Lipinski definition) is 1. The van der Waals surface area contributed by atoms with E-state index in [1.54, 1.807) is 0 Å². The molecule has 0 unspecified atom stereocenters. The Morgan fingerprint density at radius 2 is 2.17 bits per heavy atom. The second-order valence-electron chi connectivity index (χ2n) is 7.85. The van der Waals surface area contributed by atoms with Gasteiger partial charge in [-0.15, -0.1) is 11.6 Å². The van der Waals surface area contributed by atoms with Gasteiger partial charge in [0.2, 0.25) is 0 Å². The van der Waals surface area contributed by atoms with Crippen LogP contribution in [0, 0.1) is 0 Å². The largest absolute Gasteiger partial charge is 0.396 e. The van der Waals surface area contributed by atoms with Crippen LogP contribution in [0.1, 0.15) is 38.2 Å². The van der Waals surface area contributed by atoms with Crippen LogP contribution in [0.25, 0.3) is 0 Å².